The van der Waals surface area contributed by atoms with Crippen LogP contribution in [0.15, 0.2) is 59.1 Å². The molecule has 2 amide bonds. The molecular formula is C25H25BrN2O2. The van der Waals surface area contributed by atoms with E-state index in [9.17, 15) is 9.59 Å². The van der Waals surface area contributed by atoms with Crippen LogP contribution in [0.1, 0.15) is 34.3 Å². The Balaban J connectivity index is 1.42. The van der Waals surface area contributed by atoms with Crippen LogP contribution in [0.4, 0.5) is 5.69 Å². The number of amides is 2. The van der Waals surface area contributed by atoms with Crippen molar-refractivity contribution in [2.24, 2.45) is 5.92 Å². The van der Waals surface area contributed by atoms with E-state index in [0.717, 1.165) is 37.6 Å². The zero-order valence-electron chi connectivity index (χ0n) is 17.2. The minimum absolute atomic E-state index is 0.0424. The summed E-state index contributed by atoms with van der Waals surface area (Å²) >= 11 is 3.49. The van der Waals surface area contributed by atoms with Crippen LogP contribution in [0.5, 0.6) is 0 Å². The minimum Gasteiger partial charge on any atom is -0.339 e. The fourth-order valence-electron chi connectivity index (χ4n) is 4.26. The van der Waals surface area contributed by atoms with Gasteiger partial charge in [-0.15, -0.1) is 0 Å². The smallest absolute Gasteiger partial charge is 0.254 e. The van der Waals surface area contributed by atoms with Crippen molar-refractivity contribution in [3.8, 4) is 0 Å². The van der Waals surface area contributed by atoms with Crippen molar-refractivity contribution in [2.75, 3.05) is 18.4 Å². The van der Waals surface area contributed by atoms with Gasteiger partial charge in [-0.3, -0.25) is 9.59 Å². The third-order valence-corrected chi connectivity index (χ3v) is 6.38. The standard InChI is InChI=1S/C25H25BrN2O2/c1-16-14-20(26)15-17(2)23(16)27-24(29)19-10-12-28(13-11-19)25(30)22-9-5-7-18-6-3-4-8-21(18)22/h3-9,14-15,19H,10-13H2,1-2H3,(H,27,29). The van der Waals surface area contributed by atoms with Gasteiger partial charge in [0.1, 0.15) is 0 Å². The van der Waals surface area contributed by atoms with Crippen LogP contribution in [0, 0.1) is 19.8 Å². The average molecular weight is 465 g/mol. The van der Waals surface area contributed by atoms with E-state index in [-0.39, 0.29) is 17.7 Å². The number of hydrogen-bond acceptors (Lipinski definition) is 2. The number of piperidine rings is 1. The van der Waals surface area contributed by atoms with E-state index in [4.69, 9.17) is 0 Å². The average Bonchev–Trinajstić information content (AvgIpc) is 2.75. The molecule has 154 valence electrons. The first-order chi connectivity index (χ1) is 14.4. The molecule has 1 aliphatic rings. The fourth-order valence-corrected chi connectivity index (χ4v) is 4.95. The molecule has 1 N–H and O–H groups in total. The molecule has 4 nitrogen and oxygen atoms in total. The molecule has 4 rings (SSSR count). The van der Waals surface area contributed by atoms with Gasteiger partial charge >= 0.3 is 0 Å². The molecule has 0 saturated carbocycles. The normalized spacial score (nSPS) is 14.7. The number of carbonyl (C=O) groups excluding carboxylic acids is 2. The molecule has 0 bridgehead atoms. The summed E-state index contributed by atoms with van der Waals surface area (Å²) in [6.07, 6.45) is 1.36. The highest BCUT2D eigenvalue weighted by molar-refractivity contribution is 9.10. The summed E-state index contributed by atoms with van der Waals surface area (Å²) in [6.45, 7) is 5.19. The number of rotatable bonds is 3. The first kappa shape index (κ1) is 20.6. The molecule has 1 heterocycles. The summed E-state index contributed by atoms with van der Waals surface area (Å²) < 4.78 is 1.01. The molecule has 0 atom stereocenters. The number of fused-ring (bicyclic) bond motifs is 1. The third kappa shape index (κ3) is 4.12. The molecule has 0 radical (unpaired) electrons. The van der Waals surface area contributed by atoms with Gasteiger partial charge in [0.15, 0.2) is 0 Å². The van der Waals surface area contributed by atoms with E-state index in [2.05, 4.69) is 21.2 Å². The van der Waals surface area contributed by atoms with Gasteiger partial charge in [0.05, 0.1) is 0 Å². The van der Waals surface area contributed by atoms with E-state index < -0.39 is 0 Å². The van der Waals surface area contributed by atoms with Crippen LogP contribution in [0.25, 0.3) is 10.8 Å². The van der Waals surface area contributed by atoms with E-state index in [1.807, 2.05) is 73.3 Å². The number of halogens is 1. The van der Waals surface area contributed by atoms with Gasteiger partial charge in [0.2, 0.25) is 5.91 Å². The lowest BCUT2D eigenvalue weighted by Crippen LogP contribution is -2.41. The number of nitrogens with zero attached hydrogens (tertiary/aromatic N) is 1. The summed E-state index contributed by atoms with van der Waals surface area (Å²) in [6, 6.07) is 17.8. The van der Waals surface area contributed by atoms with E-state index in [1.165, 1.54) is 0 Å². The quantitative estimate of drug-likeness (QED) is 0.539. The van der Waals surface area contributed by atoms with Crippen molar-refractivity contribution in [3.05, 3.63) is 75.8 Å². The van der Waals surface area contributed by atoms with Crippen LogP contribution < -0.4 is 5.32 Å². The van der Waals surface area contributed by atoms with Gasteiger partial charge < -0.3 is 10.2 Å². The van der Waals surface area contributed by atoms with Crippen LogP contribution in [-0.2, 0) is 4.79 Å². The molecule has 30 heavy (non-hydrogen) atoms. The summed E-state index contributed by atoms with van der Waals surface area (Å²) in [5, 5.41) is 5.16. The molecule has 5 heteroatoms. The zero-order valence-corrected chi connectivity index (χ0v) is 18.8. The Morgan fingerprint density at radius 3 is 2.30 bits per heavy atom. The first-order valence-corrected chi connectivity index (χ1v) is 11.1. The van der Waals surface area contributed by atoms with Crippen molar-refractivity contribution in [3.63, 3.8) is 0 Å². The SMILES string of the molecule is Cc1cc(Br)cc(C)c1NC(=O)C1CCN(C(=O)c2cccc3ccccc23)CC1. The third-order valence-electron chi connectivity index (χ3n) is 5.92. The molecule has 1 fully saturated rings. The Labute approximate surface area is 185 Å². The number of carbonyl (C=O) groups is 2. The fraction of sp³-hybridized carbons (Fsp3) is 0.280. The van der Waals surface area contributed by atoms with E-state index >= 15 is 0 Å². The largest absolute Gasteiger partial charge is 0.339 e. The van der Waals surface area contributed by atoms with Crippen LogP contribution in [0.3, 0.4) is 0 Å². The van der Waals surface area contributed by atoms with Crippen molar-refractivity contribution in [2.45, 2.75) is 26.7 Å². The predicted octanol–water partition coefficient (Wildman–Crippen LogP) is 5.71. The minimum atomic E-state index is -0.0796. The van der Waals surface area contributed by atoms with Gasteiger partial charge in [-0.1, -0.05) is 52.3 Å². The van der Waals surface area contributed by atoms with Crippen LogP contribution in [0.2, 0.25) is 0 Å². The molecule has 1 saturated heterocycles. The second-order valence-electron chi connectivity index (χ2n) is 8.00. The highest BCUT2D eigenvalue weighted by Gasteiger charge is 2.28. The Morgan fingerprint density at radius 2 is 1.60 bits per heavy atom. The van der Waals surface area contributed by atoms with Crippen molar-refractivity contribution in [1.82, 2.24) is 4.90 Å². The molecule has 3 aromatic carbocycles. The Bertz CT molecular complexity index is 1090. The highest BCUT2D eigenvalue weighted by atomic mass is 79.9. The summed E-state index contributed by atoms with van der Waals surface area (Å²) in [5.41, 5.74) is 3.70. The topological polar surface area (TPSA) is 49.4 Å². The van der Waals surface area contributed by atoms with Gasteiger partial charge in [-0.05, 0) is 66.8 Å². The molecule has 0 aromatic heterocycles. The molecule has 0 unspecified atom stereocenters. The number of likely N-dealkylation sites (tertiary alicyclic amines) is 1. The van der Waals surface area contributed by atoms with Gasteiger partial charge in [0, 0.05) is 34.7 Å². The second-order valence-corrected chi connectivity index (χ2v) is 8.91. The number of aryl methyl sites for hydroxylation is 2. The van der Waals surface area contributed by atoms with Crippen molar-refractivity contribution < 1.29 is 9.59 Å². The van der Waals surface area contributed by atoms with Crippen LogP contribution >= 0.6 is 15.9 Å². The Morgan fingerprint density at radius 1 is 0.967 bits per heavy atom. The molecule has 3 aromatic rings. The maximum absolute atomic E-state index is 13.1. The molecule has 0 aliphatic carbocycles. The second kappa shape index (κ2) is 8.60. The first-order valence-electron chi connectivity index (χ1n) is 10.3. The van der Waals surface area contributed by atoms with E-state index in [1.54, 1.807) is 0 Å². The zero-order chi connectivity index (χ0) is 21.3. The van der Waals surface area contributed by atoms with Gasteiger partial charge in [-0.25, -0.2) is 0 Å². The molecule has 1 aliphatic heterocycles. The van der Waals surface area contributed by atoms with E-state index in [0.29, 0.717) is 25.9 Å². The Hall–Kier alpha value is -2.66. The number of nitrogens with one attached hydrogen (secondary N) is 1. The lowest BCUT2D eigenvalue weighted by atomic mass is 9.94. The maximum Gasteiger partial charge on any atom is 0.254 e. The lowest BCUT2D eigenvalue weighted by molar-refractivity contribution is -0.121. The highest BCUT2D eigenvalue weighted by Crippen LogP contribution is 2.28. The lowest BCUT2D eigenvalue weighted by Gasteiger charge is -2.32. The summed E-state index contributed by atoms with van der Waals surface area (Å²) in [7, 11) is 0. The maximum atomic E-state index is 13.1. The van der Waals surface area contributed by atoms with Crippen molar-refractivity contribution in [1.29, 1.82) is 0 Å². The monoisotopic (exact) mass is 464 g/mol. The van der Waals surface area contributed by atoms with Gasteiger partial charge in [-0.2, -0.15) is 0 Å². The predicted molar refractivity (Wildman–Crippen MR) is 125 cm³/mol. The van der Waals surface area contributed by atoms with Crippen molar-refractivity contribution >= 4 is 44.2 Å². The van der Waals surface area contributed by atoms with Gasteiger partial charge in [0.25, 0.3) is 5.91 Å². The number of anilines is 1. The molecular weight excluding hydrogens is 440 g/mol. The summed E-state index contributed by atoms with van der Waals surface area (Å²) in [5.74, 6) is 0.00931. The molecule has 0 spiro atoms. The number of hydrogen-bond donors (Lipinski definition) is 1. The van der Waals surface area contributed by atoms with Crippen LogP contribution in [-0.4, -0.2) is 29.8 Å². The summed E-state index contributed by atoms with van der Waals surface area (Å²) in [4.78, 5) is 27.9. The number of benzene rings is 3. The Kier molecular flexibility index (Phi) is 5.91.